The smallest absolute Gasteiger partial charge is 0.357 e. The third-order valence-corrected chi connectivity index (χ3v) is 4.37. The van der Waals surface area contributed by atoms with Crippen molar-refractivity contribution in [2.24, 2.45) is 4.99 Å². The molecule has 0 aliphatic rings. The Bertz CT molecular complexity index is 869. The van der Waals surface area contributed by atoms with Crippen LogP contribution in [0.4, 0.5) is 13.2 Å². The molecule has 138 valence electrons. The maximum absolute atomic E-state index is 12.8. The molecule has 0 radical (unpaired) electrons. The fraction of sp³-hybridized carbons (Fsp3) is 0.294. The first-order valence-corrected chi connectivity index (χ1v) is 8.93. The van der Waals surface area contributed by atoms with Crippen molar-refractivity contribution in [3.63, 3.8) is 0 Å². The predicted octanol–water partition coefficient (Wildman–Crippen LogP) is 3.67. The molecule has 2 heterocycles. The average molecular weight is 381 g/mol. The van der Waals surface area contributed by atoms with Crippen LogP contribution in [-0.2, 0) is 19.3 Å². The van der Waals surface area contributed by atoms with Crippen LogP contribution in [0.2, 0.25) is 0 Å². The van der Waals surface area contributed by atoms with Crippen molar-refractivity contribution in [3.8, 4) is 0 Å². The Morgan fingerprint density at radius 2 is 2.15 bits per heavy atom. The molecule has 1 aromatic carbocycles. The van der Waals surface area contributed by atoms with Gasteiger partial charge in [-0.3, -0.25) is 4.40 Å². The second-order valence-electron chi connectivity index (χ2n) is 5.57. The van der Waals surface area contributed by atoms with Gasteiger partial charge in [-0.05, 0) is 24.6 Å². The second-order valence-corrected chi connectivity index (χ2v) is 6.44. The van der Waals surface area contributed by atoms with E-state index >= 15 is 0 Å². The van der Waals surface area contributed by atoms with E-state index in [2.05, 4.69) is 20.6 Å². The summed E-state index contributed by atoms with van der Waals surface area (Å²) >= 11 is 1.55. The Hall–Kier alpha value is -2.55. The first-order chi connectivity index (χ1) is 12.5. The molecule has 0 amide bonds. The number of thiazole rings is 1. The van der Waals surface area contributed by atoms with Gasteiger partial charge in [-0.1, -0.05) is 12.1 Å². The fourth-order valence-electron chi connectivity index (χ4n) is 2.39. The van der Waals surface area contributed by atoms with Crippen molar-refractivity contribution in [1.29, 1.82) is 0 Å². The predicted molar refractivity (Wildman–Crippen MR) is 96.2 cm³/mol. The Morgan fingerprint density at radius 3 is 2.88 bits per heavy atom. The largest absolute Gasteiger partial charge is 0.416 e. The fourth-order valence-corrected chi connectivity index (χ4v) is 3.11. The molecule has 2 N–H and O–H groups in total. The topological polar surface area (TPSA) is 53.7 Å². The lowest BCUT2D eigenvalue weighted by atomic mass is 10.1. The lowest BCUT2D eigenvalue weighted by molar-refractivity contribution is -0.137. The number of alkyl halides is 3. The van der Waals surface area contributed by atoms with E-state index in [1.54, 1.807) is 17.4 Å². The van der Waals surface area contributed by atoms with Gasteiger partial charge < -0.3 is 10.6 Å². The number of hydrogen-bond donors (Lipinski definition) is 2. The molecule has 0 fully saturated rings. The summed E-state index contributed by atoms with van der Waals surface area (Å²) in [5.74, 6) is 0.529. The van der Waals surface area contributed by atoms with Crippen LogP contribution in [0.15, 0.2) is 47.0 Å². The number of rotatable bonds is 5. The van der Waals surface area contributed by atoms with Gasteiger partial charge in [0.1, 0.15) is 0 Å². The molecule has 9 heteroatoms. The SMILES string of the molecule is CCNC(=NCc1cccc(C(F)(F)F)c1)NCc1cn2ccsc2n1. The number of aromatic nitrogens is 2. The summed E-state index contributed by atoms with van der Waals surface area (Å²) in [6, 6.07) is 5.20. The highest BCUT2D eigenvalue weighted by Gasteiger charge is 2.30. The van der Waals surface area contributed by atoms with Crippen LogP contribution in [0.3, 0.4) is 0 Å². The maximum atomic E-state index is 12.8. The highest BCUT2D eigenvalue weighted by molar-refractivity contribution is 7.15. The Morgan fingerprint density at radius 1 is 1.31 bits per heavy atom. The third kappa shape index (κ3) is 4.54. The van der Waals surface area contributed by atoms with E-state index in [0.29, 0.717) is 24.6 Å². The number of hydrogen-bond acceptors (Lipinski definition) is 3. The monoisotopic (exact) mass is 381 g/mol. The first kappa shape index (κ1) is 18.2. The number of nitrogens with zero attached hydrogens (tertiary/aromatic N) is 3. The van der Waals surface area contributed by atoms with E-state index in [-0.39, 0.29) is 6.54 Å². The summed E-state index contributed by atoms with van der Waals surface area (Å²) in [4.78, 5) is 9.74. The summed E-state index contributed by atoms with van der Waals surface area (Å²) in [5.41, 5.74) is 0.697. The van der Waals surface area contributed by atoms with Crippen LogP contribution in [0, 0.1) is 0 Å². The number of imidazole rings is 1. The Balaban J connectivity index is 1.66. The van der Waals surface area contributed by atoms with Crippen molar-refractivity contribution >= 4 is 22.3 Å². The van der Waals surface area contributed by atoms with Gasteiger partial charge in [0, 0.05) is 24.3 Å². The summed E-state index contributed by atoms with van der Waals surface area (Å²) in [7, 11) is 0. The van der Waals surface area contributed by atoms with Gasteiger partial charge in [-0.2, -0.15) is 13.2 Å². The quantitative estimate of drug-likeness (QED) is 0.524. The van der Waals surface area contributed by atoms with Gasteiger partial charge in [0.2, 0.25) is 0 Å². The van der Waals surface area contributed by atoms with E-state index in [4.69, 9.17) is 0 Å². The minimum atomic E-state index is -4.35. The molecular weight excluding hydrogens is 363 g/mol. The molecule has 0 atom stereocenters. The maximum Gasteiger partial charge on any atom is 0.416 e. The molecule has 0 spiro atoms. The van der Waals surface area contributed by atoms with Gasteiger partial charge in [0.25, 0.3) is 0 Å². The van der Waals surface area contributed by atoms with E-state index < -0.39 is 11.7 Å². The molecule has 0 aliphatic carbocycles. The Labute approximate surface area is 152 Å². The number of guanidine groups is 1. The standard InChI is InChI=1S/C17H18F3N5S/c1-2-21-15(23-10-14-11-25-6-7-26-16(25)24-14)22-9-12-4-3-5-13(8-12)17(18,19)20/h3-8,11H,2,9-10H2,1H3,(H2,21,22,23). The van der Waals surface area contributed by atoms with Crippen LogP contribution in [0.25, 0.3) is 4.96 Å². The van der Waals surface area contributed by atoms with E-state index in [1.807, 2.05) is 29.1 Å². The lowest BCUT2D eigenvalue weighted by Crippen LogP contribution is -2.36. The molecule has 5 nitrogen and oxygen atoms in total. The van der Waals surface area contributed by atoms with E-state index in [0.717, 1.165) is 22.8 Å². The number of halogens is 3. The van der Waals surface area contributed by atoms with Crippen LogP contribution < -0.4 is 10.6 Å². The third-order valence-electron chi connectivity index (χ3n) is 3.60. The highest BCUT2D eigenvalue weighted by atomic mass is 32.1. The number of fused-ring (bicyclic) bond motifs is 1. The Kier molecular flexibility index (Phi) is 5.46. The first-order valence-electron chi connectivity index (χ1n) is 8.05. The zero-order valence-corrected chi connectivity index (χ0v) is 14.9. The summed E-state index contributed by atoms with van der Waals surface area (Å²) in [5, 5.41) is 8.19. The molecule has 2 aromatic heterocycles. The van der Waals surface area contributed by atoms with Gasteiger partial charge in [-0.25, -0.2) is 9.98 Å². The van der Waals surface area contributed by atoms with Crippen molar-refractivity contribution in [3.05, 3.63) is 58.9 Å². The van der Waals surface area contributed by atoms with Crippen molar-refractivity contribution in [2.75, 3.05) is 6.54 Å². The summed E-state index contributed by atoms with van der Waals surface area (Å²) in [6.07, 6.45) is -0.491. The zero-order chi connectivity index (χ0) is 18.6. The van der Waals surface area contributed by atoms with Crippen LogP contribution in [0.5, 0.6) is 0 Å². The molecular formula is C17H18F3N5S. The minimum Gasteiger partial charge on any atom is -0.357 e. The van der Waals surface area contributed by atoms with Crippen LogP contribution in [0.1, 0.15) is 23.7 Å². The molecule has 0 saturated heterocycles. The second kappa shape index (κ2) is 7.77. The van der Waals surface area contributed by atoms with E-state index in [1.165, 1.54) is 6.07 Å². The molecule has 0 saturated carbocycles. The number of aliphatic imine (C=N–C) groups is 1. The molecule has 3 rings (SSSR count). The minimum absolute atomic E-state index is 0.150. The molecule has 0 unspecified atom stereocenters. The van der Waals surface area contributed by atoms with Gasteiger partial charge in [-0.15, -0.1) is 11.3 Å². The van der Waals surface area contributed by atoms with Crippen molar-refractivity contribution in [2.45, 2.75) is 26.2 Å². The van der Waals surface area contributed by atoms with E-state index in [9.17, 15) is 13.2 Å². The van der Waals surface area contributed by atoms with Crippen molar-refractivity contribution < 1.29 is 13.2 Å². The molecule has 0 aliphatic heterocycles. The highest BCUT2D eigenvalue weighted by Crippen LogP contribution is 2.29. The van der Waals surface area contributed by atoms with Crippen molar-refractivity contribution in [1.82, 2.24) is 20.0 Å². The van der Waals surface area contributed by atoms with Gasteiger partial charge in [0.15, 0.2) is 10.9 Å². The molecule has 26 heavy (non-hydrogen) atoms. The number of nitrogens with one attached hydrogen (secondary N) is 2. The zero-order valence-electron chi connectivity index (χ0n) is 14.0. The normalized spacial score (nSPS) is 12.5. The summed E-state index contributed by atoms with van der Waals surface area (Å²) < 4.78 is 40.3. The summed E-state index contributed by atoms with van der Waals surface area (Å²) in [6.45, 7) is 3.20. The lowest BCUT2D eigenvalue weighted by Gasteiger charge is -2.11. The molecule has 0 bridgehead atoms. The van der Waals surface area contributed by atoms with Crippen LogP contribution >= 0.6 is 11.3 Å². The van der Waals surface area contributed by atoms with Gasteiger partial charge in [0.05, 0.1) is 24.3 Å². The van der Waals surface area contributed by atoms with Crippen LogP contribution in [-0.4, -0.2) is 21.9 Å². The number of benzene rings is 1. The average Bonchev–Trinajstić information content (AvgIpc) is 3.18. The van der Waals surface area contributed by atoms with Gasteiger partial charge >= 0.3 is 6.18 Å². The molecule has 3 aromatic rings.